The molecular weight excluding hydrogens is 394 g/mol. The van der Waals surface area contributed by atoms with Gasteiger partial charge in [-0.25, -0.2) is 13.8 Å². The lowest BCUT2D eigenvalue weighted by Gasteiger charge is -2.26. The van der Waals surface area contributed by atoms with Gasteiger partial charge in [0.2, 0.25) is 10.0 Å². The Kier molecular flexibility index (Phi) is 6.97. The van der Waals surface area contributed by atoms with E-state index in [4.69, 9.17) is 9.47 Å². The van der Waals surface area contributed by atoms with Crippen LogP contribution >= 0.6 is 0 Å². The molecule has 0 bridgehead atoms. The Labute approximate surface area is 170 Å². The van der Waals surface area contributed by atoms with Crippen LogP contribution in [0.3, 0.4) is 0 Å². The fourth-order valence-corrected chi connectivity index (χ4v) is 4.29. The van der Waals surface area contributed by atoms with Gasteiger partial charge in [-0.1, -0.05) is 18.2 Å². The van der Waals surface area contributed by atoms with Crippen molar-refractivity contribution in [3.05, 3.63) is 59.7 Å². The maximum absolute atomic E-state index is 12.8. The zero-order valence-corrected chi connectivity index (χ0v) is 16.9. The number of carbonyl (C=O) groups is 1. The third-order valence-electron chi connectivity index (χ3n) is 4.29. The Morgan fingerprint density at radius 3 is 2.72 bits per heavy atom. The molecule has 1 fully saturated rings. The minimum atomic E-state index is -3.68. The molecule has 0 aromatic heterocycles. The Morgan fingerprint density at radius 2 is 1.97 bits per heavy atom. The van der Waals surface area contributed by atoms with Gasteiger partial charge >= 0.3 is 0 Å². The molecule has 154 valence electrons. The van der Waals surface area contributed by atoms with Crippen LogP contribution in [0.4, 0.5) is 0 Å². The molecule has 8 nitrogen and oxygen atoms in total. The molecular formula is C20H23N3O5S. The van der Waals surface area contributed by atoms with Crippen LogP contribution in [-0.4, -0.2) is 57.8 Å². The maximum atomic E-state index is 12.8. The SMILES string of the molecule is CCOc1ccccc1C=NNC(=O)c1cccc(S(=O)(=O)N2CCOCC2)c1. The van der Waals surface area contributed by atoms with Gasteiger partial charge in [0.15, 0.2) is 0 Å². The Morgan fingerprint density at radius 1 is 1.21 bits per heavy atom. The number of benzene rings is 2. The summed E-state index contributed by atoms with van der Waals surface area (Å²) in [4.78, 5) is 12.5. The van der Waals surface area contributed by atoms with Crippen LogP contribution < -0.4 is 10.2 Å². The van der Waals surface area contributed by atoms with Gasteiger partial charge in [0.1, 0.15) is 5.75 Å². The fourth-order valence-electron chi connectivity index (χ4n) is 2.83. The summed E-state index contributed by atoms with van der Waals surface area (Å²) in [6.07, 6.45) is 1.48. The van der Waals surface area contributed by atoms with Crippen LogP contribution in [0.1, 0.15) is 22.8 Å². The average Bonchev–Trinajstić information content (AvgIpc) is 2.76. The molecule has 0 radical (unpaired) electrons. The average molecular weight is 417 g/mol. The highest BCUT2D eigenvalue weighted by molar-refractivity contribution is 7.89. The highest BCUT2D eigenvalue weighted by Gasteiger charge is 2.26. The lowest BCUT2D eigenvalue weighted by atomic mass is 10.2. The largest absolute Gasteiger partial charge is 0.493 e. The summed E-state index contributed by atoms with van der Waals surface area (Å²) in [6, 6.07) is 13.2. The molecule has 0 saturated carbocycles. The maximum Gasteiger partial charge on any atom is 0.271 e. The normalized spacial score (nSPS) is 15.3. The van der Waals surface area contributed by atoms with Crippen molar-refractivity contribution in [2.24, 2.45) is 5.10 Å². The van der Waals surface area contributed by atoms with Crippen molar-refractivity contribution in [1.29, 1.82) is 0 Å². The fraction of sp³-hybridized carbons (Fsp3) is 0.300. The van der Waals surface area contributed by atoms with Crippen molar-refractivity contribution < 1.29 is 22.7 Å². The molecule has 0 spiro atoms. The molecule has 1 aliphatic rings. The first-order chi connectivity index (χ1) is 14.0. The van der Waals surface area contributed by atoms with E-state index in [-0.39, 0.29) is 10.5 Å². The number of nitrogens with zero attached hydrogens (tertiary/aromatic N) is 2. The first-order valence-corrected chi connectivity index (χ1v) is 10.7. The second-order valence-corrected chi connectivity index (χ2v) is 8.15. The van der Waals surface area contributed by atoms with E-state index in [0.717, 1.165) is 5.56 Å². The van der Waals surface area contributed by atoms with Crippen molar-refractivity contribution >= 4 is 22.1 Å². The van der Waals surface area contributed by atoms with Crippen LogP contribution in [-0.2, 0) is 14.8 Å². The zero-order valence-electron chi connectivity index (χ0n) is 16.1. The van der Waals surface area contributed by atoms with Crippen LogP contribution in [0.15, 0.2) is 58.5 Å². The topological polar surface area (TPSA) is 97.3 Å². The first kappa shape index (κ1) is 21.0. The van der Waals surface area contributed by atoms with Gasteiger partial charge in [0.05, 0.1) is 30.9 Å². The predicted octanol–water partition coefficient (Wildman–Crippen LogP) is 1.87. The summed E-state index contributed by atoms with van der Waals surface area (Å²) in [5.41, 5.74) is 3.35. The van der Waals surface area contributed by atoms with Crippen molar-refractivity contribution in [1.82, 2.24) is 9.73 Å². The number of carbonyl (C=O) groups excluding carboxylic acids is 1. The minimum Gasteiger partial charge on any atom is -0.493 e. The number of ether oxygens (including phenoxy) is 2. The summed E-state index contributed by atoms with van der Waals surface area (Å²) < 4.78 is 37.6. The van der Waals surface area contributed by atoms with Crippen LogP contribution in [0.25, 0.3) is 0 Å². The van der Waals surface area contributed by atoms with Crippen LogP contribution in [0.2, 0.25) is 0 Å². The van der Waals surface area contributed by atoms with E-state index < -0.39 is 15.9 Å². The number of rotatable bonds is 7. The molecule has 1 aliphatic heterocycles. The summed E-state index contributed by atoms with van der Waals surface area (Å²) in [6.45, 7) is 3.70. The first-order valence-electron chi connectivity index (χ1n) is 9.25. The van der Waals surface area contributed by atoms with Gasteiger partial charge in [-0.3, -0.25) is 4.79 Å². The van der Waals surface area contributed by atoms with E-state index in [2.05, 4.69) is 10.5 Å². The van der Waals surface area contributed by atoms with Gasteiger partial charge in [0.25, 0.3) is 5.91 Å². The highest BCUT2D eigenvalue weighted by atomic mass is 32.2. The summed E-state index contributed by atoms with van der Waals surface area (Å²) in [7, 11) is -3.68. The van der Waals surface area contributed by atoms with E-state index in [1.807, 2.05) is 31.2 Å². The van der Waals surface area contributed by atoms with E-state index >= 15 is 0 Å². The molecule has 1 heterocycles. The zero-order chi connectivity index (χ0) is 20.7. The van der Waals surface area contributed by atoms with Gasteiger partial charge in [-0.05, 0) is 37.3 Å². The molecule has 2 aromatic rings. The van der Waals surface area contributed by atoms with E-state index in [9.17, 15) is 13.2 Å². The molecule has 2 aromatic carbocycles. The monoisotopic (exact) mass is 417 g/mol. The standard InChI is InChI=1S/C20H23N3O5S/c1-2-28-19-9-4-3-6-17(19)15-21-22-20(24)16-7-5-8-18(14-16)29(25,26)23-10-12-27-13-11-23/h3-9,14-15H,2,10-13H2,1H3,(H,22,24). The third-order valence-corrected chi connectivity index (χ3v) is 6.19. The Balaban J connectivity index is 1.71. The van der Waals surface area contributed by atoms with E-state index in [1.54, 1.807) is 0 Å². The smallest absolute Gasteiger partial charge is 0.271 e. The highest BCUT2D eigenvalue weighted by Crippen LogP contribution is 2.19. The van der Waals surface area contributed by atoms with Gasteiger partial charge in [-0.2, -0.15) is 9.41 Å². The molecule has 9 heteroatoms. The van der Waals surface area contributed by atoms with Gasteiger partial charge < -0.3 is 9.47 Å². The lowest BCUT2D eigenvalue weighted by molar-refractivity contribution is 0.0730. The molecule has 1 saturated heterocycles. The molecule has 3 rings (SSSR count). The second-order valence-electron chi connectivity index (χ2n) is 6.21. The summed E-state index contributed by atoms with van der Waals surface area (Å²) >= 11 is 0. The van der Waals surface area contributed by atoms with Crippen molar-refractivity contribution in [3.63, 3.8) is 0 Å². The number of amides is 1. The molecule has 0 atom stereocenters. The molecule has 1 amide bonds. The summed E-state index contributed by atoms with van der Waals surface area (Å²) in [5, 5.41) is 3.96. The van der Waals surface area contributed by atoms with E-state index in [0.29, 0.717) is 38.7 Å². The number of para-hydroxylation sites is 1. The van der Waals surface area contributed by atoms with Gasteiger partial charge in [0, 0.05) is 24.2 Å². The second kappa shape index (κ2) is 9.64. The molecule has 0 unspecified atom stereocenters. The predicted molar refractivity (Wildman–Crippen MR) is 109 cm³/mol. The molecule has 1 N–H and O–H groups in total. The van der Waals surface area contributed by atoms with Crippen molar-refractivity contribution in [2.45, 2.75) is 11.8 Å². The number of hydrogen-bond donors (Lipinski definition) is 1. The summed E-state index contributed by atoms with van der Waals surface area (Å²) in [5.74, 6) is 0.153. The number of hydrazone groups is 1. The third kappa shape index (κ3) is 5.20. The number of nitrogens with one attached hydrogen (secondary N) is 1. The number of hydrogen-bond acceptors (Lipinski definition) is 6. The number of sulfonamides is 1. The van der Waals surface area contributed by atoms with Crippen LogP contribution in [0, 0.1) is 0 Å². The van der Waals surface area contributed by atoms with Crippen molar-refractivity contribution in [2.75, 3.05) is 32.9 Å². The van der Waals surface area contributed by atoms with Crippen LogP contribution in [0.5, 0.6) is 5.75 Å². The number of morpholine rings is 1. The lowest BCUT2D eigenvalue weighted by Crippen LogP contribution is -2.40. The molecule has 0 aliphatic carbocycles. The van der Waals surface area contributed by atoms with E-state index in [1.165, 1.54) is 34.8 Å². The van der Waals surface area contributed by atoms with Crippen molar-refractivity contribution in [3.8, 4) is 5.75 Å². The van der Waals surface area contributed by atoms with Gasteiger partial charge in [-0.15, -0.1) is 0 Å². The Hall–Kier alpha value is -2.75. The quantitative estimate of drug-likeness (QED) is 0.548. The molecule has 29 heavy (non-hydrogen) atoms. The minimum absolute atomic E-state index is 0.0673. The Bertz CT molecular complexity index is 985.